The zero-order valence-electron chi connectivity index (χ0n) is 38.5. The lowest BCUT2D eigenvalue weighted by molar-refractivity contribution is -0.168. The molecule has 0 aromatic heterocycles. The van der Waals surface area contributed by atoms with Crippen LogP contribution in [0.5, 0.6) is 23.0 Å². The Morgan fingerprint density at radius 1 is 0.500 bits per heavy atom. The summed E-state index contributed by atoms with van der Waals surface area (Å²) in [6.45, 7) is 5.07. The average molecular weight is 937 g/mol. The van der Waals surface area contributed by atoms with Gasteiger partial charge in [-0.05, 0) is 104 Å². The largest absolute Gasteiger partial charge is 0.491 e. The summed E-state index contributed by atoms with van der Waals surface area (Å²) in [6, 6.07) is 55.1. The van der Waals surface area contributed by atoms with E-state index in [0.717, 1.165) is 17.2 Å². The van der Waals surface area contributed by atoms with Crippen LogP contribution in [0, 0.1) is 5.92 Å². The van der Waals surface area contributed by atoms with Crippen LogP contribution in [0.3, 0.4) is 0 Å². The summed E-state index contributed by atoms with van der Waals surface area (Å²) in [4.78, 5) is 25.0. The van der Waals surface area contributed by atoms with Crippen molar-refractivity contribution in [1.29, 1.82) is 0 Å². The van der Waals surface area contributed by atoms with E-state index in [-0.39, 0.29) is 46.1 Å². The number of benzene rings is 7. The van der Waals surface area contributed by atoms with Crippen LogP contribution in [-0.2, 0) is 45.2 Å². The second-order valence-corrected chi connectivity index (χ2v) is 17.4. The minimum absolute atomic E-state index is 0.0416. The molecule has 0 saturated heterocycles. The van der Waals surface area contributed by atoms with Gasteiger partial charge in [-0.1, -0.05) is 128 Å². The first kappa shape index (κ1) is 46.2. The van der Waals surface area contributed by atoms with Gasteiger partial charge in [-0.2, -0.15) is 0 Å². The lowest BCUT2D eigenvalue weighted by atomic mass is 9.54. The molecule has 7 aromatic carbocycles. The molecule has 3 atom stereocenters. The van der Waals surface area contributed by atoms with Crippen molar-refractivity contribution >= 4 is 11.9 Å². The number of ether oxygens (including phenoxy) is 7. The lowest BCUT2D eigenvalue weighted by Gasteiger charge is -2.53. The number of aliphatic hydroxyl groups is 2. The number of fused-ring (bicyclic) bond motifs is 4. The molecule has 4 aliphatic carbocycles. The van der Waals surface area contributed by atoms with Gasteiger partial charge < -0.3 is 43.4 Å². The van der Waals surface area contributed by atoms with E-state index in [1.54, 1.807) is 36.4 Å². The zero-order valence-corrected chi connectivity index (χ0v) is 38.5. The lowest BCUT2D eigenvalue weighted by Crippen LogP contribution is -2.57. The summed E-state index contributed by atoms with van der Waals surface area (Å²) in [7, 11) is 0. The molecular weight excluding hydrogens is 885 g/mol. The van der Waals surface area contributed by atoms with E-state index < -0.39 is 34.5 Å². The minimum Gasteiger partial charge on any atom is -0.491 e. The summed E-state index contributed by atoms with van der Waals surface area (Å²) in [5, 5.41) is 24.9. The molecule has 0 heterocycles. The van der Waals surface area contributed by atoms with Gasteiger partial charge in [0.05, 0.1) is 37.8 Å². The SMILES string of the molecule is C=CC(=O)OCCOCCOc1ccc(C2(c3ccc(OCCOCCOC(=O)C4CC5(O)c6ccccc6C4(O)c4ccc(Oc6ccccc6)cc45)cc3)c3ccccc3-c3ccccc32)cc1. The molecule has 70 heavy (non-hydrogen) atoms. The summed E-state index contributed by atoms with van der Waals surface area (Å²) < 4.78 is 40.3. The second-order valence-electron chi connectivity index (χ2n) is 17.4. The summed E-state index contributed by atoms with van der Waals surface area (Å²) in [5.41, 5.74) is 4.95. The monoisotopic (exact) mass is 936 g/mol. The Morgan fingerprint density at radius 2 is 0.986 bits per heavy atom. The van der Waals surface area contributed by atoms with E-state index in [1.165, 1.54) is 22.3 Å². The molecule has 2 N–H and O–H groups in total. The van der Waals surface area contributed by atoms with Crippen molar-refractivity contribution in [2.24, 2.45) is 5.92 Å². The first-order valence-corrected chi connectivity index (χ1v) is 23.4. The van der Waals surface area contributed by atoms with Crippen LogP contribution in [0.1, 0.15) is 50.9 Å². The first-order chi connectivity index (χ1) is 34.2. The number of para-hydroxylation sites is 1. The highest BCUT2D eigenvalue weighted by atomic mass is 16.6. The van der Waals surface area contributed by atoms with Crippen LogP contribution in [0.25, 0.3) is 11.1 Å². The summed E-state index contributed by atoms with van der Waals surface area (Å²) >= 11 is 0. The van der Waals surface area contributed by atoms with Crippen LogP contribution in [0.15, 0.2) is 183 Å². The predicted molar refractivity (Wildman–Crippen MR) is 262 cm³/mol. The molecule has 4 aliphatic rings. The second kappa shape index (κ2) is 19.8. The van der Waals surface area contributed by atoms with E-state index in [2.05, 4.69) is 79.4 Å². The van der Waals surface area contributed by atoms with Gasteiger partial charge in [0.2, 0.25) is 0 Å². The maximum Gasteiger partial charge on any atom is 0.330 e. The Kier molecular flexibility index (Phi) is 13.1. The third-order valence-electron chi connectivity index (χ3n) is 13.5. The van der Waals surface area contributed by atoms with Crippen LogP contribution in [0.2, 0.25) is 0 Å². The molecule has 2 bridgehead atoms. The highest BCUT2D eigenvalue weighted by Gasteiger charge is 2.62. The Hall–Kier alpha value is -7.54. The molecule has 0 aliphatic heterocycles. The molecule has 7 aromatic rings. The topological polar surface area (TPSA) is 139 Å². The van der Waals surface area contributed by atoms with E-state index in [9.17, 15) is 19.8 Å². The fourth-order valence-electron chi connectivity index (χ4n) is 10.5. The maximum absolute atomic E-state index is 13.8. The van der Waals surface area contributed by atoms with Gasteiger partial charge in [0, 0.05) is 12.5 Å². The molecule has 11 heteroatoms. The van der Waals surface area contributed by atoms with Crippen LogP contribution < -0.4 is 14.2 Å². The van der Waals surface area contributed by atoms with E-state index in [0.29, 0.717) is 58.5 Å². The van der Waals surface area contributed by atoms with Crippen LogP contribution in [0.4, 0.5) is 0 Å². The molecule has 354 valence electrons. The standard InChI is InChI=1S/C59H52O11/c1-2-55(60)68-36-32-64-30-34-66-42-24-20-40(21-25-42)58(48-16-8-6-14-46(48)47-15-7-9-17-49(47)58)41-22-26-43(27-23-41)67-35-31-65-33-37-69-56(61)54-39-57(62)50-18-10-11-19-51(50)59(54,63)52-29-28-45(38-53(52)57)70-44-12-4-3-5-13-44/h2-29,38,54,62-63H,1,30-37,39H2. The van der Waals surface area contributed by atoms with Crippen molar-refractivity contribution < 1.29 is 53.0 Å². The third kappa shape index (κ3) is 8.41. The van der Waals surface area contributed by atoms with Crippen LogP contribution in [-0.4, -0.2) is 75.0 Å². The van der Waals surface area contributed by atoms with Gasteiger partial charge in [-0.3, -0.25) is 4.79 Å². The van der Waals surface area contributed by atoms with Crippen molar-refractivity contribution in [3.63, 3.8) is 0 Å². The van der Waals surface area contributed by atoms with Crippen molar-refractivity contribution in [1.82, 2.24) is 0 Å². The Balaban J connectivity index is 0.760. The number of carbonyl (C=O) groups excluding carboxylic acids is 2. The van der Waals surface area contributed by atoms with Crippen molar-refractivity contribution in [2.45, 2.75) is 23.0 Å². The average Bonchev–Trinajstić information content (AvgIpc) is 3.70. The summed E-state index contributed by atoms with van der Waals surface area (Å²) in [6.07, 6.45) is 1.06. The van der Waals surface area contributed by atoms with E-state index in [1.807, 2.05) is 60.7 Å². The fraction of sp³-hybridized carbons (Fsp3) is 0.220. The molecule has 0 radical (unpaired) electrons. The quantitative estimate of drug-likeness (QED) is 0.0430. The number of hydrogen-bond donors (Lipinski definition) is 2. The minimum atomic E-state index is -1.73. The van der Waals surface area contributed by atoms with Gasteiger partial charge >= 0.3 is 11.9 Å². The molecule has 3 unspecified atom stereocenters. The smallest absolute Gasteiger partial charge is 0.330 e. The van der Waals surface area contributed by atoms with Gasteiger partial charge in [0.25, 0.3) is 0 Å². The Bertz CT molecular complexity index is 2960. The van der Waals surface area contributed by atoms with Gasteiger partial charge in [-0.25, -0.2) is 4.79 Å². The fourth-order valence-corrected chi connectivity index (χ4v) is 10.5. The predicted octanol–water partition coefficient (Wildman–Crippen LogP) is 9.41. The van der Waals surface area contributed by atoms with E-state index >= 15 is 0 Å². The molecule has 11 nitrogen and oxygen atoms in total. The molecule has 0 amide bonds. The maximum atomic E-state index is 13.8. The van der Waals surface area contributed by atoms with Crippen molar-refractivity contribution in [3.05, 3.63) is 227 Å². The number of hydrogen-bond acceptors (Lipinski definition) is 11. The van der Waals surface area contributed by atoms with Gasteiger partial charge in [-0.15, -0.1) is 0 Å². The number of esters is 2. The number of carbonyl (C=O) groups is 2. The Morgan fingerprint density at radius 3 is 1.57 bits per heavy atom. The van der Waals surface area contributed by atoms with Crippen molar-refractivity contribution in [2.75, 3.05) is 52.9 Å². The number of rotatable bonds is 20. The van der Waals surface area contributed by atoms with E-state index in [4.69, 9.17) is 33.2 Å². The highest BCUT2D eigenvalue weighted by Crippen LogP contribution is 2.61. The molecular formula is C59H52O11. The Labute approximate surface area is 406 Å². The zero-order chi connectivity index (χ0) is 48.1. The molecule has 0 fully saturated rings. The van der Waals surface area contributed by atoms with Gasteiger partial charge in [0.1, 0.15) is 60.6 Å². The van der Waals surface area contributed by atoms with Crippen molar-refractivity contribution in [3.8, 4) is 34.1 Å². The van der Waals surface area contributed by atoms with Crippen LogP contribution >= 0.6 is 0 Å². The third-order valence-corrected chi connectivity index (χ3v) is 13.5. The normalized spacial score (nSPS) is 18.6. The molecule has 0 saturated carbocycles. The highest BCUT2D eigenvalue weighted by molar-refractivity contribution is 5.86. The molecule has 0 spiro atoms. The van der Waals surface area contributed by atoms with Gasteiger partial charge in [0.15, 0.2) is 0 Å². The molecule has 11 rings (SSSR count). The first-order valence-electron chi connectivity index (χ1n) is 23.4. The summed E-state index contributed by atoms with van der Waals surface area (Å²) in [5.74, 6) is 0.372.